The number of rotatable bonds is 14. The van der Waals surface area contributed by atoms with Gasteiger partial charge in [0.2, 0.25) is 0 Å². The predicted octanol–water partition coefficient (Wildman–Crippen LogP) is 12.8. The molecular formula is C88H100N8O14S. The van der Waals surface area contributed by atoms with E-state index < -0.39 is 27.5 Å². The summed E-state index contributed by atoms with van der Waals surface area (Å²) in [6.07, 6.45) is 9.60. The van der Waals surface area contributed by atoms with Crippen molar-refractivity contribution in [3.05, 3.63) is 248 Å². The summed E-state index contributed by atoms with van der Waals surface area (Å²) in [6, 6.07) is 56.4. The molecule has 1 N–H and O–H groups in total. The molecule has 5 aliphatic heterocycles. The number of ether oxygens (including phenoxy) is 5. The first-order valence-electron chi connectivity index (χ1n) is 38.4. The molecule has 5 heterocycles. The lowest BCUT2D eigenvalue weighted by atomic mass is 10.0. The van der Waals surface area contributed by atoms with Crippen LogP contribution in [0.5, 0.6) is 28.7 Å². The van der Waals surface area contributed by atoms with Crippen LogP contribution in [0.25, 0.3) is 0 Å². The Balaban J connectivity index is 0.000000129. The Morgan fingerprint density at radius 2 is 0.856 bits per heavy atom. The standard InChI is InChI=1S/C30H31N3O4.C18H26N2O2.C18H17NO7S.C13H18N2.C9H8O/c1-36-26-13-10-20(18-27(26)37-2)19-33-29(34)23-8-5-9-25(28(23)30(33)35)32-16-14-31(15-17-32)24-12-11-21-6-3-4-7-22(21)24;1-18(2,3)22-17(21)20-12-10-19(11-13-20)16-9-8-14-6-4-5-7-15(14)16;1-24-13-8-7-11(9-15(13)25-2)10-19-17(20)12-5-4-6-14(16(12)18(19)21)26-27(3,22)23;1-2-4-12-11(3-1)5-6-13(12)15-9-7-14-8-10-15;10-9-6-5-7-3-1-2-4-8(7)9/h3-10,13,18,24H,11-12,14-17,19H2,1-2H3;4-7,16H,8-13H2,1-3H3;4-9H,10H2,1-3H3;1-4,13-14H,5-10H2;1-4H,5-6H2. The maximum Gasteiger partial charge on any atom is 0.410 e. The number of benzene rings is 8. The third kappa shape index (κ3) is 18.0. The Hall–Kier alpha value is -10.4. The predicted molar refractivity (Wildman–Crippen MR) is 425 cm³/mol. The topological polar surface area (TPSA) is 227 Å². The van der Waals surface area contributed by atoms with Crippen molar-refractivity contribution in [1.82, 2.24) is 34.7 Å². The molecule has 3 unspecified atom stereocenters. The summed E-state index contributed by atoms with van der Waals surface area (Å²) in [5.74, 6) is 0.665. The van der Waals surface area contributed by atoms with Crippen LogP contribution >= 0.6 is 0 Å². The minimum atomic E-state index is -3.85. The van der Waals surface area contributed by atoms with E-state index in [4.69, 9.17) is 27.9 Å². The van der Waals surface area contributed by atoms with E-state index in [1.54, 1.807) is 55.7 Å². The number of nitrogens with one attached hydrogen (secondary N) is 1. The number of carbonyl (C=O) groups is 6. The van der Waals surface area contributed by atoms with Crippen molar-refractivity contribution in [2.75, 3.05) is 118 Å². The zero-order valence-electron chi connectivity index (χ0n) is 64.7. The molecule has 5 amide bonds. The zero-order valence-corrected chi connectivity index (χ0v) is 65.5. The van der Waals surface area contributed by atoms with Crippen molar-refractivity contribution in [2.24, 2.45) is 0 Å². The van der Waals surface area contributed by atoms with E-state index in [2.05, 4.69) is 97.7 Å². The lowest BCUT2D eigenvalue weighted by molar-refractivity contribution is 0.0102. The van der Waals surface area contributed by atoms with Gasteiger partial charge in [0.05, 0.1) is 75.7 Å². The van der Waals surface area contributed by atoms with Crippen LogP contribution in [0, 0.1) is 0 Å². The van der Waals surface area contributed by atoms with E-state index in [0.717, 1.165) is 113 Å². The summed E-state index contributed by atoms with van der Waals surface area (Å²) in [7, 11) is 2.29. The molecular weight excluding hydrogens is 1430 g/mol. The molecule has 0 saturated carbocycles. The molecule has 22 nitrogen and oxygen atoms in total. The largest absolute Gasteiger partial charge is 0.493 e. The van der Waals surface area contributed by atoms with Crippen LogP contribution in [-0.2, 0) is 53.6 Å². The molecule has 17 rings (SSSR count). The molecule has 0 spiro atoms. The maximum atomic E-state index is 13.6. The molecule has 9 aliphatic rings. The smallest absolute Gasteiger partial charge is 0.410 e. The highest BCUT2D eigenvalue weighted by molar-refractivity contribution is 7.86. The van der Waals surface area contributed by atoms with Crippen LogP contribution in [0.2, 0.25) is 0 Å². The zero-order chi connectivity index (χ0) is 78.1. The molecule has 0 bridgehead atoms. The third-order valence-corrected chi connectivity index (χ3v) is 22.6. The number of anilines is 1. The molecule has 582 valence electrons. The summed E-state index contributed by atoms with van der Waals surface area (Å²) in [5, 5.41) is 3.42. The molecule has 23 heteroatoms. The lowest BCUT2D eigenvalue weighted by Crippen LogP contribution is -2.50. The second-order valence-electron chi connectivity index (χ2n) is 30.1. The Morgan fingerprint density at radius 1 is 0.432 bits per heavy atom. The van der Waals surface area contributed by atoms with Gasteiger partial charge < -0.3 is 43.0 Å². The van der Waals surface area contributed by atoms with Crippen molar-refractivity contribution in [2.45, 2.75) is 109 Å². The van der Waals surface area contributed by atoms with Crippen molar-refractivity contribution in [1.29, 1.82) is 0 Å². The number of hydrogen-bond acceptors (Lipinski definition) is 19. The van der Waals surface area contributed by atoms with E-state index in [-0.39, 0.29) is 47.9 Å². The Bertz CT molecular complexity index is 4870. The number of hydrogen-bond donors (Lipinski definition) is 1. The number of imide groups is 2. The van der Waals surface area contributed by atoms with Gasteiger partial charge in [-0.25, -0.2) is 4.79 Å². The average molecular weight is 1530 g/mol. The van der Waals surface area contributed by atoms with Gasteiger partial charge in [-0.15, -0.1) is 0 Å². The van der Waals surface area contributed by atoms with Gasteiger partial charge >= 0.3 is 16.2 Å². The van der Waals surface area contributed by atoms with Gasteiger partial charge in [0.1, 0.15) is 5.60 Å². The number of piperazine rings is 3. The fourth-order valence-corrected chi connectivity index (χ4v) is 17.1. The Morgan fingerprint density at radius 3 is 1.32 bits per heavy atom. The van der Waals surface area contributed by atoms with E-state index in [1.807, 2.05) is 74.2 Å². The van der Waals surface area contributed by atoms with Crippen LogP contribution in [-0.4, -0.2) is 192 Å². The fraction of sp³-hybridized carbons (Fsp3) is 0.386. The Kier molecular flexibility index (Phi) is 24.7. The molecule has 3 saturated heterocycles. The van der Waals surface area contributed by atoms with Crippen LogP contribution in [0.15, 0.2) is 170 Å². The SMILES string of the molecule is CC(C)(C)OC(=O)N1CCN(C2CCc3ccccc32)CC1.COc1ccc(CN2C(=O)c3cccc(N4CCN(C5CCc6ccccc65)CC4)c3C2=O)cc1OC.COc1ccc(CN2C(=O)c3cccc(OS(C)(=O)=O)c3C2=O)cc1OC.O=C1CCc2ccccc21.c1ccc2c(c1)CCC2N1CCNCC1. The fourth-order valence-electron chi connectivity index (χ4n) is 16.7. The quantitative estimate of drug-likeness (QED) is 0.0788. The number of methoxy groups -OCH3 is 4. The van der Waals surface area contributed by atoms with E-state index >= 15 is 0 Å². The summed E-state index contributed by atoms with van der Waals surface area (Å²) in [5.41, 5.74) is 14.1. The highest BCUT2D eigenvalue weighted by atomic mass is 32.2. The van der Waals surface area contributed by atoms with E-state index in [1.165, 1.54) is 104 Å². The summed E-state index contributed by atoms with van der Waals surface area (Å²) in [6.45, 7) is 17.5. The first-order chi connectivity index (χ1) is 53.6. The van der Waals surface area contributed by atoms with Crippen molar-refractivity contribution in [3.8, 4) is 28.7 Å². The lowest BCUT2D eigenvalue weighted by Gasteiger charge is -2.39. The van der Waals surface area contributed by atoms with Gasteiger partial charge in [-0.2, -0.15) is 8.42 Å². The molecule has 8 aromatic rings. The number of ketones is 1. The van der Waals surface area contributed by atoms with Crippen molar-refractivity contribution >= 4 is 51.3 Å². The third-order valence-electron chi connectivity index (χ3n) is 22.1. The second kappa shape index (κ2) is 34.9. The summed E-state index contributed by atoms with van der Waals surface area (Å²) >= 11 is 0. The van der Waals surface area contributed by atoms with Gasteiger partial charge in [-0.3, -0.25) is 48.5 Å². The first kappa shape index (κ1) is 78.7. The van der Waals surface area contributed by atoms with Crippen molar-refractivity contribution in [3.63, 3.8) is 0 Å². The van der Waals surface area contributed by atoms with E-state index in [9.17, 15) is 37.2 Å². The minimum Gasteiger partial charge on any atom is -0.493 e. The normalized spacial score (nSPS) is 19.1. The van der Waals surface area contributed by atoms with Crippen LogP contribution in [0.1, 0.15) is 166 Å². The molecule has 3 atom stereocenters. The Labute approximate surface area is 651 Å². The van der Waals surface area contributed by atoms with Gasteiger partial charge in [-0.05, 0) is 164 Å². The molecule has 0 aromatic heterocycles. The molecule has 8 aromatic carbocycles. The van der Waals surface area contributed by atoms with Crippen LogP contribution < -0.4 is 33.3 Å². The second-order valence-corrected chi connectivity index (χ2v) is 31.7. The van der Waals surface area contributed by atoms with Crippen LogP contribution in [0.4, 0.5) is 10.5 Å². The number of Topliss-reactive ketones (excluding diaryl/α,β-unsaturated/α-hetero) is 1. The number of aryl methyl sites for hydroxylation is 4. The molecule has 3 fully saturated rings. The number of fused-ring (bicyclic) bond motifs is 6. The average Bonchev–Trinajstić information content (AvgIpc) is 1.62. The molecule has 0 radical (unpaired) electrons. The van der Waals surface area contributed by atoms with Gasteiger partial charge in [0, 0.05) is 109 Å². The van der Waals surface area contributed by atoms with Crippen LogP contribution in [0.3, 0.4) is 0 Å². The van der Waals surface area contributed by atoms with Gasteiger partial charge in [0.25, 0.3) is 23.6 Å². The number of nitrogens with zero attached hydrogens (tertiary/aromatic N) is 7. The summed E-state index contributed by atoms with van der Waals surface area (Å²) in [4.78, 5) is 89.7. The van der Waals surface area contributed by atoms with E-state index in [0.29, 0.717) is 70.0 Å². The number of amides is 5. The highest BCUT2D eigenvalue weighted by Crippen LogP contribution is 2.42. The van der Waals surface area contributed by atoms with Gasteiger partial charge in [0.15, 0.2) is 34.5 Å². The highest BCUT2D eigenvalue weighted by Gasteiger charge is 2.42. The maximum absolute atomic E-state index is 13.6. The minimum absolute atomic E-state index is 0.00891. The molecule has 111 heavy (non-hydrogen) atoms. The number of carbonyl (C=O) groups excluding carboxylic acids is 6. The van der Waals surface area contributed by atoms with Gasteiger partial charge in [-0.1, -0.05) is 121 Å². The monoisotopic (exact) mass is 1520 g/mol. The first-order valence-corrected chi connectivity index (χ1v) is 40.2. The summed E-state index contributed by atoms with van der Waals surface area (Å²) < 4.78 is 54.3. The molecule has 4 aliphatic carbocycles. The van der Waals surface area contributed by atoms with Crippen molar-refractivity contribution < 1.29 is 65.1 Å².